The topological polar surface area (TPSA) is 87.7 Å². The summed E-state index contributed by atoms with van der Waals surface area (Å²) in [5, 5.41) is 2.86. The normalized spacial score (nSPS) is 24.7. The molecule has 2 aliphatic heterocycles. The maximum absolute atomic E-state index is 12.4. The van der Waals surface area contributed by atoms with E-state index in [2.05, 4.69) is 20.2 Å². The molecule has 27 heavy (non-hydrogen) atoms. The summed E-state index contributed by atoms with van der Waals surface area (Å²) in [5.41, 5.74) is -0.492. The number of anilines is 2. The lowest BCUT2D eigenvalue weighted by atomic mass is 10.1. The molecule has 0 spiro atoms. The van der Waals surface area contributed by atoms with Gasteiger partial charge in [-0.25, -0.2) is 9.78 Å². The van der Waals surface area contributed by atoms with Crippen molar-refractivity contribution in [2.75, 3.05) is 29.9 Å². The van der Waals surface area contributed by atoms with Gasteiger partial charge in [-0.15, -0.1) is 0 Å². The van der Waals surface area contributed by atoms with Crippen LogP contribution in [0.3, 0.4) is 0 Å². The molecule has 1 saturated carbocycles. The minimum absolute atomic E-state index is 0.0257. The molecule has 146 valence electrons. The molecule has 2 unspecified atom stereocenters. The largest absolute Gasteiger partial charge is 0.444 e. The quantitative estimate of drug-likeness (QED) is 0.874. The van der Waals surface area contributed by atoms with Crippen LogP contribution in [0.4, 0.5) is 16.4 Å². The molecule has 3 fully saturated rings. The van der Waals surface area contributed by atoms with E-state index in [4.69, 9.17) is 4.74 Å². The summed E-state index contributed by atoms with van der Waals surface area (Å²) in [4.78, 5) is 37.2. The number of nitrogens with zero attached hydrogens (tertiary/aromatic N) is 4. The van der Waals surface area contributed by atoms with Crippen LogP contribution in [0.25, 0.3) is 0 Å². The van der Waals surface area contributed by atoms with Crippen LogP contribution in [0, 0.1) is 11.8 Å². The van der Waals surface area contributed by atoms with Gasteiger partial charge in [0.1, 0.15) is 11.4 Å². The van der Waals surface area contributed by atoms with Crippen LogP contribution in [0.1, 0.15) is 40.0 Å². The van der Waals surface area contributed by atoms with Crippen LogP contribution in [-0.4, -0.2) is 58.1 Å². The lowest BCUT2D eigenvalue weighted by Gasteiger charge is -2.27. The summed E-state index contributed by atoms with van der Waals surface area (Å²) >= 11 is 0. The summed E-state index contributed by atoms with van der Waals surface area (Å²) in [6.45, 7) is 7.86. The molecule has 4 rings (SSSR count). The molecule has 8 nitrogen and oxygen atoms in total. The summed E-state index contributed by atoms with van der Waals surface area (Å²) < 4.78 is 5.51. The minimum atomic E-state index is -0.492. The van der Waals surface area contributed by atoms with Crippen molar-refractivity contribution in [2.45, 2.75) is 51.7 Å². The third-order valence-electron chi connectivity index (χ3n) is 5.31. The number of hydrogen-bond acceptors (Lipinski definition) is 6. The molecule has 2 saturated heterocycles. The third-order valence-corrected chi connectivity index (χ3v) is 5.31. The van der Waals surface area contributed by atoms with Crippen molar-refractivity contribution >= 4 is 23.6 Å². The average molecular weight is 373 g/mol. The third kappa shape index (κ3) is 3.99. The first-order valence-electron chi connectivity index (χ1n) is 9.67. The standard InChI is InChI=1S/C19H27N5O3/c1-19(2,3)27-18(26)23-10-13-6-7-24(14(13)11-23)16-9-20-8-15(21-16)22-17(25)12-4-5-12/h8-9,12-14H,4-7,10-11H2,1-3H3,(H,21,22,25). The van der Waals surface area contributed by atoms with Gasteiger partial charge in [0.05, 0.1) is 18.4 Å². The van der Waals surface area contributed by atoms with Crippen LogP contribution < -0.4 is 10.2 Å². The fraction of sp³-hybridized carbons (Fsp3) is 0.684. The van der Waals surface area contributed by atoms with Gasteiger partial charge in [0.25, 0.3) is 0 Å². The van der Waals surface area contributed by atoms with Gasteiger partial charge in [-0.3, -0.25) is 9.78 Å². The van der Waals surface area contributed by atoms with Crippen LogP contribution >= 0.6 is 0 Å². The number of carbonyl (C=O) groups is 2. The van der Waals surface area contributed by atoms with E-state index in [0.29, 0.717) is 24.8 Å². The van der Waals surface area contributed by atoms with Crippen molar-refractivity contribution in [3.8, 4) is 0 Å². The van der Waals surface area contributed by atoms with Crippen molar-refractivity contribution < 1.29 is 14.3 Å². The van der Waals surface area contributed by atoms with E-state index < -0.39 is 5.60 Å². The van der Waals surface area contributed by atoms with E-state index in [0.717, 1.165) is 31.6 Å². The molecule has 1 N–H and O–H groups in total. The van der Waals surface area contributed by atoms with Crippen molar-refractivity contribution in [1.29, 1.82) is 0 Å². The second kappa shape index (κ2) is 6.65. The van der Waals surface area contributed by atoms with Crippen LogP contribution in [0.15, 0.2) is 12.4 Å². The predicted octanol–water partition coefficient (Wildman–Crippen LogP) is 2.27. The number of fused-ring (bicyclic) bond motifs is 1. The highest BCUT2D eigenvalue weighted by Crippen LogP contribution is 2.35. The highest BCUT2D eigenvalue weighted by molar-refractivity contribution is 5.93. The molecule has 2 amide bonds. The highest BCUT2D eigenvalue weighted by Gasteiger charge is 2.44. The van der Waals surface area contributed by atoms with E-state index in [9.17, 15) is 9.59 Å². The predicted molar refractivity (Wildman–Crippen MR) is 100 cm³/mol. The SMILES string of the molecule is CC(C)(C)OC(=O)N1CC2CCN(c3cncc(NC(=O)C4CC4)n3)C2C1. The van der Waals surface area contributed by atoms with Gasteiger partial charge in [-0.1, -0.05) is 0 Å². The van der Waals surface area contributed by atoms with Crippen molar-refractivity contribution in [3.63, 3.8) is 0 Å². The Hall–Kier alpha value is -2.38. The zero-order chi connectivity index (χ0) is 19.2. The Morgan fingerprint density at radius 3 is 2.67 bits per heavy atom. The Labute approximate surface area is 159 Å². The van der Waals surface area contributed by atoms with E-state index in [1.165, 1.54) is 0 Å². The van der Waals surface area contributed by atoms with Crippen LogP contribution in [0.5, 0.6) is 0 Å². The fourth-order valence-corrected chi connectivity index (χ4v) is 3.85. The van der Waals surface area contributed by atoms with E-state index in [-0.39, 0.29) is 24.0 Å². The Bertz CT molecular complexity index is 743. The number of rotatable bonds is 3. The molecule has 1 aliphatic carbocycles. The first-order chi connectivity index (χ1) is 12.8. The van der Waals surface area contributed by atoms with Gasteiger partial charge in [-0.05, 0) is 40.0 Å². The summed E-state index contributed by atoms with van der Waals surface area (Å²) in [5.74, 6) is 1.81. The van der Waals surface area contributed by atoms with Gasteiger partial charge in [-0.2, -0.15) is 0 Å². The number of hydrogen-bond donors (Lipinski definition) is 1. The Balaban J connectivity index is 1.43. The number of nitrogens with one attached hydrogen (secondary N) is 1. The molecular weight excluding hydrogens is 346 g/mol. The van der Waals surface area contributed by atoms with Gasteiger partial charge in [0.15, 0.2) is 5.82 Å². The highest BCUT2D eigenvalue weighted by atomic mass is 16.6. The maximum atomic E-state index is 12.4. The van der Waals surface area contributed by atoms with Crippen molar-refractivity contribution in [2.24, 2.45) is 11.8 Å². The number of amides is 2. The zero-order valence-electron chi connectivity index (χ0n) is 16.1. The van der Waals surface area contributed by atoms with E-state index >= 15 is 0 Å². The summed E-state index contributed by atoms with van der Waals surface area (Å²) in [6, 6.07) is 0.209. The first kappa shape index (κ1) is 18.0. The van der Waals surface area contributed by atoms with Crippen molar-refractivity contribution in [1.82, 2.24) is 14.9 Å². The lowest BCUT2D eigenvalue weighted by Crippen LogP contribution is -2.39. The summed E-state index contributed by atoms with van der Waals surface area (Å²) in [7, 11) is 0. The van der Waals surface area contributed by atoms with Gasteiger partial charge in [0, 0.05) is 31.5 Å². The van der Waals surface area contributed by atoms with E-state index in [1.54, 1.807) is 17.3 Å². The Morgan fingerprint density at radius 1 is 1.19 bits per heavy atom. The first-order valence-corrected chi connectivity index (χ1v) is 9.67. The molecule has 8 heteroatoms. The maximum Gasteiger partial charge on any atom is 0.410 e. The monoisotopic (exact) mass is 373 g/mol. The second-order valence-corrected chi connectivity index (χ2v) is 8.72. The smallest absolute Gasteiger partial charge is 0.410 e. The molecule has 3 heterocycles. The average Bonchev–Trinajstić information content (AvgIpc) is 3.23. The molecule has 0 radical (unpaired) electrons. The molecule has 0 aromatic carbocycles. The Kier molecular flexibility index (Phi) is 4.44. The van der Waals surface area contributed by atoms with Gasteiger partial charge in [0.2, 0.25) is 5.91 Å². The molecular formula is C19H27N5O3. The molecule has 3 aliphatic rings. The fourth-order valence-electron chi connectivity index (χ4n) is 3.85. The molecule has 2 atom stereocenters. The van der Waals surface area contributed by atoms with Gasteiger partial charge < -0.3 is 19.9 Å². The van der Waals surface area contributed by atoms with E-state index in [1.807, 2.05) is 20.8 Å². The second-order valence-electron chi connectivity index (χ2n) is 8.72. The summed E-state index contributed by atoms with van der Waals surface area (Å²) in [6.07, 6.45) is 5.97. The number of carbonyl (C=O) groups excluding carboxylic acids is 2. The lowest BCUT2D eigenvalue weighted by molar-refractivity contribution is -0.117. The molecule has 1 aromatic rings. The number of aromatic nitrogens is 2. The number of likely N-dealkylation sites (tertiary alicyclic amines) is 1. The minimum Gasteiger partial charge on any atom is -0.444 e. The molecule has 1 aromatic heterocycles. The number of ether oxygens (including phenoxy) is 1. The van der Waals surface area contributed by atoms with Crippen LogP contribution in [-0.2, 0) is 9.53 Å². The zero-order valence-corrected chi connectivity index (χ0v) is 16.1. The van der Waals surface area contributed by atoms with Crippen LogP contribution in [0.2, 0.25) is 0 Å². The van der Waals surface area contributed by atoms with Crippen molar-refractivity contribution in [3.05, 3.63) is 12.4 Å². The Morgan fingerprint density at radius 2 is 1.96 bits per heavy atom. The van der Waals surface area contributed by atoms with Gasteiger partial charge >= 0.3 is 6.09 Å². The molecule has 0 bridgehead atoms.